The summed E-state index contributed by atoms with van der Waals surface area (Å²) in [6, 6.07) is 0. The van der Waals surface area contributed by atoms with Crippen LogP contribution in [0.4, 0.5) is 0 Å². The molecule has 8 heteroatoms. The summed E-state index contributed by atoms with van der Waals surface area (Å²) >= 11 is 7.07. The van der Waals surface area contributed by atoms with E-state index in [-0.39, 0.29) is 6.10 Å². The van der Waals surface area contributed by atoms with Gasteiger partial charge in [-0.1, -0.05) is 11.6 Å². The Morgan fingerprint density at radius 3 is 2.95 bits per heavy atom. The first-order chi connectivity index (χ1) is 9.04. The van der Waals surface area contributed by atoms with E-state index in [1.54, 1.807) is 11.6 Å². The second-order valence-electron chi connectivity index (χ2n) is 3.95. The summed E-state index contributed by atoms with van der Waals surface area (Å²) in [6.07, 6.45) is 3.54. The van der Waals surface area contributed by atoms with Crippen molar-refractivity contribution in [1.82, 2.24) is 19.7 Å². The van der Waals surface area contributed by atoms with Crippen molar-refractivity contribution in [3.05, 3.63) is 22.3 Å². The average Bonchev–Trinajstić information content (AvgIpc) is 2.94. The number of ether oxygens (including phenoxy) is 1. The number of halogens is 1. The number of thiazole rings is 1. The van der Waals surface area contributed by atoms with Gasteiger partial charge in [0.1, 0.15) is 12.0 Å². The number of aromatic nitrogens is 4. The Hall–Kier alpha value is -1.28. The number of aliphatic hydroxyl groups excluding tert-OH is 1. The SMILES string of the molecule is CC(C)OC(O)/C=C\n1cnc(-c2csc(Cl)n2)n1. The maximum absolute atomic E-state index is 9.51. The molecule has 0 bridgehead atoms. The smallest absolute Gasteiger partial charge is 0.201 e. The van der Waals surface area contributed by atoms with Crippen molar-refractivity contribution < 1.29 is 9.84 Å². The molecule has 6 nitrogen and oxygen atoms in total. The molecule has 2 aromatic heterocycles. The summed E-state index contributed by atoms with van der Waals surface area (Å²) in [4.78, 5) is 8.18. The van der Waals surface area contributed by atoms with Gasteiger partial charge < -0.3 is 9.84 Å². The summed E-state index contributed by atoms with van der Waals surface area (Å²) in [5, 5.41) is 15.5. The molecule has 2 rings (SSSR count). The molecule has 0 amide bonds. The van der Waals surface area contributed by atoms with Gasteiger partial charge in [-0.05, 0) is 19.9 Å². The van der Waals surface area contributed by atoms with Gasteiger partial charge in [0.2, 0.25) is 5.82 Å². The van der Waals surface area contributed by atoms with Crippen LogP contribution in [0.15, 0.2) is 17.8 Å². The zero-order chi connectivity index (χ0) is 13.8. The molecule has 0 spiro atoms. The molecule has 1 atom stereocenters. The highest BCUT2D eigenvalue weighted by Crippen LogP contribution is 2.21. The highest BCUT2D eigenvalue weighted by atomic mass is 35.5. The molecule has 1 N–H and O–H groups in total. The van der Waals surface area contributed by atoms with Crippen LogP contribution in [0.25, 0.3) is 17.7 Å². The van der Waals surface area contributed by atoms with Crippen molar-refractivity contribution in [2.24, 2.45) is 0 Å². The lowest BCUT2D eigenvalue weighted by atomic mass is 10.5. The lowest BCUT2D eigenvalue weighted by Crippen LogP contribution is -2.14. The summed E-state index contributed by atoms with van der Waals surface area (Å²) in [5.74, 6) is 0.479. The van der Waals surface area contributed by atoms with Crippen molar-refractivity contribution in [2.75, 3.05) is 0 Å². The molecule has 0 aromatic carbocycles. The van der Waals surface area contributed by atoms with E-state index < -0.39 is 6.29 Å². The number of hydrogen-bond donors (Lipinski definition) is 1. The fourth-order valence-corrected chi connectivity index (χ4v) is 2.05. The first-order valence-corrected chi connectivity index (χ1v) is 6.85. The van der Waals surface area contributed by atoms with Crippen molar-refractivity contribution in [3.63, 3.8) is 0 Å². The molecule has 19 heavy (non-hydrogen) atoms. The number of aliphatic hydroxyl groups is 1. The van der Waals surface area contributed by atoms with Crippen LogP contribution in [0.2, 0.25) is 4.47 Å². The second kappa shape index (κ2) is 6.25. The molecular weight excluding hydrogens is 288 g/mol. The van der Waals surface area contributed by atoms with Crippen LogP contribution in [-0.2, 0) is 4.74 Å². The molecule has 0 aliphatic heterocycles. The minimum Gasteiger partial charge on any atom is -0.365 e. The topological polar surface area (TPSA) is 73.1 Å². The van der Waals surface area contributed by atoms with E-state index in [0.29, 0.717) is 16.0 Å². The normalized spacial score (nSPS) is 13.5. The summed E-state index contributed by atoms with van der Waals surface area (Å²) < 4.78 is 7.06. The Morgan fingerprint density at radius 2 is 2.32 bits per heavy atom. The Kier molecular flexibility index (Phi) is 4.65. The third-order valence-corrected chi connectivity index (χ3v) is 3.01. The Bertz CT molecular complexity index is 567. The predicted octanol–water partition coefficient (Wildman–Crippen LogP) is 2.27. The average molecular weight is 301 g/mol. The second-order valence-corrected chi connectivity index (χ2v) is 5.39. The van der Waals surface area contributed by atoms with E-state index in [1.807, 2.05) is 13.8 Å². The van der Waals surface area contributed by atoms with E-state index in [0.717, 1.165) is 0 Å². The van der Waals surface area contributed by atoms with Crippen LogP contribution < -0.4 is 0 Å². The standard InChI is InChI=1S/C11H13ClN4O2S/c1-7(2)18-9(17)3-4-16-6-13-10(15-16)8-5-19-11(12)14-8/h3-7,9,17H,1-2H3/b4-3-. The number of rotatable bonds is 5. The molecule has 1 unspecified atom stereocenters. The molecule has 102 valence electrons. The van der Waals surface area contributed by atoms with Gasteiger partial charge >= 0.3 is 0 Å². The van der Waals surface area contributed by atoms with Crippen LogP contribution >= 0.6 is 22.9 Å². The molecule has 0 saturated carbocycles. The van der Waals surface area contributed by atoms with Crippen molar-refractivity contribution in [2.45, 2.75) is 26.2 Å². The van der Waals surface area contributed by atoms with Crippen LogP contribution in [0, 0.1) is 0 Å². The van der Waals surface area contributed by atoms with Gasteiger partial charge in [-0.25, -0.2) is 14.6 Å². The van der Waals surface area contributed by atoms with Crippen LogP contribution in [-0.4, -0.2) is 37.2 Å². The third-order valence-electron chi connectivity index (χ3n) is 2.03. The minimum atomic E-state index is -0.971. The Morgan fingerprint density at radius 1 is 1.53 bits per heavy atom. The van der Waals surface area contributed by atoms with Gasteiger partial charge in [0.05, 0.1) is 6.10 Å². The summed E-state index contributed by atoms with van der Waals surface area (Å²) in [7, 11) is 0. The van der Waals surface area contributed by atoms with Crippen molar-refractivity contribution in [3.8, 4) is 11.5 Å². The van der Waals surface area contributed by atoms with Gasteiger partial charge in [0.25, 0.3) is 0 Å². The van der Waals surface area contributed by atoms with E-state index in [4.69, 9.17) is 16.3 Å². The van der Waals surface area contributed by atoms with Gasteiger partial charge in [-0.3, -0.25) is 0 Å². The highest BCUT2D eigenvalue weighted by molar-refractivity contribution is 7.14. The molecule has 0 aliphatic rings. The van der Waals surface area contributed by atoms with Crippen molar-refractivity contribution >= 4 is 29.1 Å². The van der Waals surface area contributed by atoms with Crippen molar-refractivity contribution in [1.29, 1.82) is 0 Å². The maximum atomic E-state index is 9.51. The van der Waals surface area contributed by atoms with E-state index in [2.05, 4.69) is 15.1 Å². The Balaban J connectivity index is 2.03. The molecule has 2 aromatic rings. The van der Waals surface area contributed by atoms with E-state index in [1.165, 1.54) is 28.4 Å². The zero-order valence-electron chi connectivity index (χ0n) is 10.4. The summed E-state index contributed by atoms with van der Waals surface area (Å²) in [6.45, 7) is 3.69. The first-order valence-electron chi connectivity index (χ1n) is 5.59. The van der Waals surface area contributed by atoms with E-state index >= 15 is 0 Å². The predicted molar refractivity (Wildman–Crippen MR) is 73.7 cm³/mol. The highest BCUT2D eigenvalue weighted by Gasteiger charge is 2.07. The lowest BCUT2D eigenvalue weighted by Gasteiger charge is -2.10. The van der Waals surface area contributed by atoms with E-state index in [9.17, 15) is 5.11 Å². The number of nitrogens with zero attached hydrogens (tertiary/aromatic N) is 4. The Labute approximate surface area is 119 Å². The zero-order valence-corrected chi connectivity index (χ0v) is 12.0. The van der Waals surface area contributed by atoms with Gasteiger partial charge in [0.15, 0.2) is 10.8 Å². The molecular formula is C11H13ClN4O2S. The maximum Gasteiger partial charge on any atom is 0.201 e. The largest absolute Gasteiger partial charge is 0.365 e. The number of hydrogen-bond acceptors (Lipinski definition) is 6. The summed E-state index contributed by atoms with van der Waals surface area (Å²) in [5.41, 5.74) is 0.626. The monoisotopic (exact) mass is 300 g/mol. The first kappa shape index (κ1) is 14.1. The van der Waals surface area contributed by atoms with Gasteiger partial charge in [-0.2, -0.15) is 0 Å². The van der Waals surface area contributed by atoms with Crippen LogP contribution in [0.3, 0.4) is 0 Å². The molecule has 2 heterocycles. The third kappa shape index (κ3) is 4.10. The lowest BCUT2D eigenvalue weighted by molar-refractivity contribution is -0.0921. The quantitative estimate of drug-likeness (QED) is 0.858. The molecule has 0 radical (unpaired) electrons. The van der Waals surface area contributed by atoms with Crippen LogP contribution in [0.1, 0.15) is 13.8 Å². The molecule has 0 saturated heterocycles. The molecule has 0 fully saturated rings. The fraction of sp³-hybridized carbons (Fsp3) is 0.364. The fourth-order valence-electron chi connectivity index (χ4n) is 1.30. The van der Waals surface area contributed by atoms with Gasteiger partial charge in [0, 0.05) is 11.6 Å². The minimum absolute atomic E-state index is 0.0527. The van der Waals surface area contributed by atoms with Crippen LogP contribution in [0.5, 0.6) is 0 Å². The van der Waals surface area contributed by atoms with Gasteiger partial charge in [-0.15, -0.1) is 16.4 Å². The molecule has 0 aliphatic carbocycles.